The van der Waals surface area contributed by atoms with E-state index in [1.807, 2.05) is 6.92 Å². The number of hydrogen-bond donors (Lipinski definition) is 0. The molecule has 0 aromatic rings. The van der Waals surface area contributed by atoms with Gasteiger partial charge in [-0.3, -0.25) is 9.59 Å². The van der Waals surface area contributed by atoms with Crippen molar-refractivity contribution in [1.29, 1.82) is 0 Å². The standard InChI is InChI=1S/C15H24O3/c1-2-18-15(17)13-9-8-12(16)10-14(13)11-6-4-3-5-7-11/h11,13-14H,2-10H2,1H3. The highest BCUT2D eigenvalue weighted by Crippen LogP contribution is 2.41. The van der Waals surface area contributed by atoms with Crippen LogP contribution < -0.4 is 0 Å². The van der Waals surface area contributed by atoms with Gasteiger partial charge in [-0.2, -0.15) is 0 Å². The van der Waals surface area contributed by atoms with E-state index in [1.54, 1.807) is 0 Å². The van der Waals surface area contributed by atoms with Crippen molar-refractivity contribution in [2.45, 2.75) is 58.3 Å². The van der Waals surface area contributed by atoms with Gasteiger partial charge in [-0.15, -0.1) is 0 Å². The molecule has 18 heavy (non-hydrogen) atoms. The third-order valence-corrected chi connectivity index (χ3v) is 4.56. The minimum absolute atomic E-state index is 0.0225. The lowest BCUT2D eigenvalue weighted by Gasteiger charge is -2.37. The smallest absolute Gasteiger partial charge is 0.309 e. The Bertz CT molecular complexity index is 305. The second kappa shape index (κ2) is 6.35. The van der Waals surface area contributed by atoms with Gasteiger partial charge in [0.2, 0.25) is 0 Å². The molecule has 3 nitrogen and oxygen atoms in total. The zero-order valence-corrected chi connectivity index (χ0v) is 11.3. The molecule has 0 amide bonds. The summed E-state index contributed by atoms with van der Waals surface area (Å²) < 4.78 is 5.19. The highest BCUT2D eigenvalue weighted by atomic mass is 16.5. The molecule has 0 aliphatic heterocycles. The van der Waals surface area contributed by atoms with E-state index in [0.29, 0.717) is 37.6 Å². The lowest BCUT2D eigenvalue weighted by molar-refractivity contribution is -0.153. The van der Waals surface area contributed by atoms with Crippen molar-refractivity contribution in [2.24, 2.45) is 17.8 Å². The molecule has 0 heterocycles. The number of carbonyl (C=O) groups excluding carboxylic acids is 2. The van der Waals surface area contributed by atoms with E-state index in [-0.39, 0.29) is 17.8 Å². The van der Waals surface area contributed by atoms with Gasteiger partial charge < -0.3 is 4.74 Å². The van der Waals surface area contributed by atoms with Crippen LogP contribution in [0, 0.1) is 17.8 Å². The number of ketones is 1. The molecule has 102 valence electrons. The van der Waals surface area contributed by atoms with Crippen molar-refractivity contribution in [1.82, 2.24) is 0 Å². The Balaban J connectivity index is 2.04. The normalized spacial score (nSPS) is 30.2. The van der Waals surface area contributed by atoms with E-state index in [2.05, 4.69) is 0 Å². The molecule has 2 rings (SSSR count). The van der Waals surface area contributed by atoms with Crippen molar-refractivity contribution < 1.29 is 14.3 Å². The van der Waals surface area contributed by atoms with Crippen LogP contribution in [-0.2, 0) is 14.3 Å². The summed E-state index contributed by atoms with van der Waals surface area (Å²) in [4.78, 5) is 23.7. The third-order valence-electron chi connectivity index (χ3n) is 4.56. The van der Waals surface area contributed by atoms with Crippen molar-refractivity contribution >= 4 is 11.8 Å². The maximum absolute atomic E-state index is 12.0. The first-order valence-corrected chi connectivity index (χ1v) is 7.40. The summed E-state index contributed by atoms with van der Waals surface area (Å²) in [5.41, 5.74) is 0. The summed E-state index contributed by atoms with van der Waals surface area (Å²) in [7, 11) is 0. The van der Waals surface area contributed by atoms with Crippen LogP contribution in [0.2, 0.25) is 0 Å². The number of ether oxygens (including phenoxy) is 1. The first kappa shape index (κ1) is 13.6. The summed E-state index contributed by atoms with van der Waals surface area (Å²) in [5, 5.41) is 0. The van der Waals surface area contributed by atoms with Gasteiger partial charge in [0.1, 0.15) is 5.78 Å². The van der Waals surface area contributed by atoms with Crippen LogP contribution in [0.25, 0.3) is 0 Å². The predicted octanol–water partition coefficient (Wildman–Crippen LogP) is 3.12. The maximum atomic E-state index is 12.0. The van der Waals surface area contributed by atoms with Crippen LogP contribution in [0.3, 0.4) is 0 Å². The quantitative estimate of drug-likeness (QED) is 0.725. The van der Waals surface area contributed by atoms with Crippen molar-refractivity contribution in [3.05, 3.63) is 0 Å². The lowest BCUT2D eigenvalue weighted by Crippen LogP contribution is -2.37. The number of esters is 1. The van der Waals surface area contributed by atoms with E-state index in [9.17, 15) is 9.59 Å². The zero-order valence-electron chi connectivity index (χ0n) is 11.3. The monoisotopic (exact) mass is 252 g/mol. The molecule has 0 aromatic heterocycles. The minimum atomic E-state index is -0.0689. The molecule has 2 aliphatic carbocycles. The predicted molar refractivity (Wildman–Crippen MR) is 69.0 cm³/mol. The molecule has 0 N–H and O–H groups in total. The molecular formula is C15H24O3. The Morgan fingerprint density at radius 2 is 1.94 bits per heavy atom. The first-order chi connectivity index (χ1) is 8.72. The van der Waals surface area contributed by atoms with Gasteiger partial charge in [0, 0.05) is 12.8 Å². The van der Waals surface area contributed by atoms with E-state index in [4.69, 9.17) is 4.74 Å². The number of carbonyl (C=O) groups is 2. The largest absolute Gasteiger partial charge is 0.466 e. The van der Waals surface area contributed by atoms with Gasteiger partial charge >= 0.3 is 5.97 Å². The van der Waals surface area contributed by atoms with Gasteiger partial charge in [0.15, 0.2) is 0 Å². The average Bonchev–Trinajstić information content (AvgIpc) is 2.40. The summed E-state index contributed by atoms with van der Waals surface area (Å²) in [6.45, 7) is 2.29. The highest BCUT2D eigenvalue weighted by Gasteiger charge is 2.39. The van der Waals surface area contributed by atoms with Gasteiger partial charge in [-0.25, -0.2) is 0 Å². The van der Waals surface area contributed by atoms with Crippen LogP contribution in [0.5, 0.6) is 0 Å². The molecule has 0 spiro atoms. The van der Waals surface area contributed by atoms with Crippen molar-refractivity contribution in [3.8, 4) is 0 Å². The van der Waals surface area contributed by atoms with Crippen LogP contribution >= 0.6 is 0 Å². The molecule has 2 saturated carbocycles. The fraction of sp³-hybridized carbons (Fsp3) is 0.867. The Labute approximate surface area is 109 Å². The molecule has 0 radical (unpaired) electrons. The average molecular weight is 252 g/mol. The summed E-state index contributed by atoms with van der Waals surface area (Å²) in [6.07, 6.45) is 8.07. The summed E-state index contributed by atoms with van der Waals surface area (Å²) in [6, 6.07) is 0. The molecule has 0 aromatic carbocycles. The van der Waals surface area contributed by atoms with E-state index in [1.165, 1.54) is 32.1 Å². The molecule has 2 fully saturated rings. The Kier molecular flexibility index (Phi) is 4.79. The van der Waals surface area contributed by atoms with Gasteiger partial charge in [-0.1, -0.05) is 32.1 Å². The fourth-order valence-electron chi connectivity index (χ4n) is 3.64. The third kappa shape index (κ3) is 3.12. The minimum Gasteiger partial charge on any atom is -0.466 e. The van der Waals surface area contributed by atoms with Crippen LogP contribution in [0.15, 0.2) is 0 Å². The lowest BCUT2D eigenvalue weighted by atomic mass is 9.67. The van der Waals surface area contributed by atoms with Gasteiger partial charge in [0.25, 0.3) is 0 Å². The first-order valence-electron chi connectivity index (χ1n) is 7.40. The van der Waals surface area contributed by atoms with Crippen LogP contribution in [-0.4, -0.2) is 18.4 Å². The second-order valence-electron chi connectivity index (χ2n) is 5.70. The van der Waals surface area contributed by atoms with E-state index >= 15 is 0 Å². The Morgan fingerprint density at radius 3 is 2.61 bits per heavy atom. The van der Waals surface area contributed by atoms with Crippen molar-refractivity contribution in [3.63, 3.8) is 0 Å². The maximum Gasteiger partial charge on any atom is 0.309 e. The molecule has 2 atom stereocenters. The fourth-order valence-corrected chi connectivity index (χ4v) is 3.64. The van der Waals surface area contributed by atoms with E-state index < -0.39 is 0 Å². The summed E-state index contributed by atoms with van der Waals surface area (Å²) >= 11 is 0. The number of Topliss-reactive ketones (excluding diaryl/α,β-unsaturated/α-hetero) is 1. The molecule has 0 bridgehead atoms. The summed E-state index contributed by atoms with van der Waals surface area (Å²) in [5.74, 6) is 1.07. The molecule has 0 saturated heterocycles. The molecular weight excluding hydrogens is 228 g/mol. The van der Waals surface area contributed by atoms with Crippen molar-refractivity contribution in [2.75, 3.05) is 6.61 Å². The molecule has 2 unspecified atom stereocenters. The zero-order chi connectivity index (χ0) is 13.0. The molecule has 2 aliphatic rings. The molecule has 3 heteroatoms. The van der Waals surface area contributed by atoms with E-state index in [0.717, 1.165) is 0 Å². The second-order valence-corrected chi connectivity index (χ2v) is 5.70. The van der Waals surface area contributed by atoms with Gasteiger partial charge in [-0.05, 0) is 25.2 Å². The van der Waals surface area contributed by atoms with Gasteiger partial charge in [0.05, 0.1) is 12.5 Å². The highest BCUT2D eigenvalue weighted by molar-refractivity contribution is 5.83. The Hall–Kier alpha value is -0.860. The number of rotatable bonds is 3. The number of hydrogen-bond acceptors (Lipinski definition) is 3. The Morgan fingerprint density at radius 1 is 1.22 bits per heavy atom. The SMILES string of the molecule is CCOC(=O)C1CCC(=O)CC1C1CCCCC1. The van der Waals surface area contributed by atoms with Crippen LogP contribution in [0.1, 0.15) is 58.3 Å². The van der Waals surface area contributed by atoms with Crippen LogP contribution in [0.4, 0.5) is 0 Å². The topological polar surface area (TPSA) is 43.4 Å².